The first-order valence-electron chi connectivity index (χ1n) is 8.38. The van der Waals surface area contributed by atoms with Gasteiger partial charge in [0.05, 0.1) is 0 Å². The molecule has 0 rings (SSSR count). The maximum atomic E-state index is 3.62. The molecule has 0 heteroatoms. The van der Waals surface area contributed by atoms with Crippen molar-refractivity contribution in [3.8, 4) is 0 Å². The third-order valence-electron chi connectivity index (χ3n) is 2.99. The Labute approximate surface area is 128 Å². The molecule has 20 heavy (non-hydrogen) atoms. The van der Waals surface area contributed by atoms with Gasteiger partial charge in [0.1, 0.15) is 0 Å². The van der Waals surface area contributed by atoms with Crippen LogP contribution in [0, 0.1) is 0 Å². The number of hydrogen-bond acceptors (Lipinski definition) is 0. The summed E-state index contributed by atoms with van der Waals surface area (Å²) in [5.74, 6) is 0. The quantitative estimate of drug-likeness (QED) is 0.257. The van der Waals surface area contributed by atoms with Crippen LogP contribution in [0.15, 0.2) is 49.6 Å². The van der Waals surface area contributed by atoms with Crippen LogP contribution in [0.3, 0.4) is 0 Å². The summed E-state index contributed by atoms with van der Waals surface area (Å²) in [5.41, 5.74) is 0. The van der Waals surface area contributed by atoms with Gasteiger partial charge in [-0.25, -0.2) is 0 Å². The molecule has 0 amide bonds. The predicted molar refractivity (Wildman–Crippen MR) is 96.2 cm³/mol. The van der Waals surface area contributed by atoms with E-state index in [2.05, 4.69) is 39.2 Å². The summed E-state index contributed by atoms with van der Waals surface area (Å²) in [4.78, 5) is 0. The first-order chi connectivity index (χ1) is 9.83. The normalized spacial score (nSPS) is 10.5. The van der Waals surface area contributed by atoms with E-state index < -0.39 is 0 Å². The van der Waals surface area contributed by atoms with E-state index >= 15 is 0 Å². The Hall–Kier alpha value is -1.04. The van der Waals surface area contributed by atoms with Crippen molar-refractivity contribution >= 4 is 0 Å². The highest BCUT2D eigenvalue weighted by molar-refractivity contribution is 4.97. The highest BCUT2D eigenvalue weighted by atomic mass is 13.9. The summed E-state index contributed by atoms with van der Waals surface area (Å²) in [6.07, 6.45) is 25.3. The van der Waals surface area contributed by atoms with Crippen LogP contribution < -0.4 is 0 Å². The van der Waals surface area contributed by atoms with E-state index in [0.29, 0.717) is 0 Å². The van der Waals surface area contributed by atoms with Crippen molar-refractivity contribution in [2.75, 3.05) is 0 Å². The van der Waals surface area contributed by atoms with E-state index in [1.54, 1.807) is 0 Å². The smallest absolute Gasteiger partial charge is 0.0348 e. The Morgan fingerprint density at radius 2 is 1.00 bits per heavy atom. The number of allylic oxidation sites excluding steroid dienone is 6. The third kappa shape index (κ3) is 25.7. The lowest BCUT2D eigenvalue weighted by Crippen LogP contribution is -1.75. The summed E-state index contributed by atoms with van der Waals surface area (Å²) < 4.78 is 0. The first-order valence-corrected chi connectivity index (χ1v) is 8.38. The monoisotopic (exact) mass is 276 g/mol. The van der Waals surface area contributed by atoms with Gasteiger partial charge in [0.2, 0.25) is 0 Å². The van der Waals surface area contributed by atoms with E-state index in [9.17, 15) is 0 Å². The Morgan fingerprint density at radius 1 is 0.600 bits per heavy atom. The molecule has 0 saturated heterocycles. The van der Waals surface area contributed by atoms with Gasteiger partial charge < -0.3 is 0 Å². The highest BCUT2D eigenvalue weighted by Gasteiger charge is 1.85. The molecular formula is C20H36. The van der Waals surface area contributed by atoms with E-state index in [0.717, 1.165) is 0 Å². The highest BCUT2D eigenvalue weighted by Crippen LogP contribution is 2.05. The second kappa shape index (κ2) is 23.1. The third-order valence-corrected chi connectivity index (χ3v) is 2.99. The van der Waals surface area contributed by atoms with Crippen molar-refractivity contribution in [2.24, 2.45) is 0 Å². The van der Waals surface area contributed by atoms with E-state index in [1.807, 2.05) is 24.3 Å². The van der Waals surface area contributed by atoms with Crippen LogP contribution in [0.25, 0.3) is 0 Å². The molecule has 0 radical (unpaired) electrons. The van der Waals surface area contributed by atoms with E-state index in [-0.39, 0.29) is 0 Å². The molecule has 0 aromatic heterocycles. The van der Waals surface area contributed by atoms with Crippen molar-refractivity contribution in [2.45, 2.75) is 78.1 Å². The van der Waals surface area contributed by atoms with Gasteiger partial charge in [0.15, 0.2) is 0 Å². The molecular weight excluding hydrogens is 240 g/mol. The molecule has 0 N–H and O–H groups in total. The molecule has 0 aliphatic carbocycles. The summed E-state index contributed by atoms with van der Waals surface area (Å²) in [6.45, 7) is 11.7. The van der Waals surface area contributed by atoms with E-state index in [1.165, 1.54) is 64.2 Å². The second-order valence-corrected chi connectivity index (χ2v) is 5.03. The topological polar surface area (TPSA) is 0 Å². The van der Waals surface area contributed by atoms with Gasteiger partial charge in [-0.15, -0.1) is 0 Å². The molecule has 0 aliphatic heterocycles. The molecule has 0 aromatic rings. The fourth-order valence-electron chi connectivity index (χ4n) is 1.76. The number of hydrogen-bond donors (Lipinski definition) is 0. The lowest BCUT2D eigenvalue weighted by atomic mass is 10.1. The minimum absolute atomic E-state index is 1.21. The predicted octanol–water partition coefficient (Wildman–Crippen LogP) is 7.40. The average molecular weight is 277 g/mol. The summed E-state index contributed by atoms with van der Waals surface area (Å²) in [7, 11) is 0. The molecule has 0 unspecified atom stereocenters. The number of unbranched alkanes of at least 4 members (excludes halogenated alkanes) is 8. The van der Waals surface area contributed by atoms with Crippen LogP contribution >= 0.6 is 0 Å². The molecule has 0 nitrogen and oxygen atoms in total. The van der Waals surface area contributed by atoms with Crippen LogP contribution in [0.1, 0.15) is 78.1 Å². The minimum Gasteiger partial charge on any atom is -0.0991 e. The summed E-state index contributed by atoms with van der Waals surface area (Å²) in [5, 5.41) is 0. The lowest BCUT2D eigenvalue weighted by molar-refractivity contribution is 0.637. The Bertz CT molecular complexity index is 232. The van der Waals surface area contributed by atoms with Gasteiger partial charge in [-0.05, 0) is 25.7 Å². The molecule has 116 valence electrons. The van der Waals surface area contributed by atoms with Crippen LogP contribution in [0.5, 0.6) is 0 Å². The maximum absolute atomic E-state index is 3.62. The zero-order valence-electron chi connectivity index (χ0n) is 13.9. The van der Waals surface area contributed by atoms with Crippen molar-refractivity contribution in [3.05, 3.63) is 49.6 Å². The standard InChI is InChI=1S/C11H20.C9H16/c1-3-5-7-9-11-10-8-6-4-2;1-3-5-7-9-8-6-4-2/h3,5,7H,1,4,6,8-11H2,2H3;3,5,7H,1,4,6,8-9H2,2H3/b2*7-5+. The fraction of sp³-hybridized carbons (Fsp3) is 0.600. The van der Waals surface area contributed by atoms with Crippen molar-refractivity contribution in [1.82, 2.24) is 0 Å². The molecule has 0 saturated carbocycles. The van der Waals surface area contributed by atoms with Crippen LogP contribution in [0.2, 0.25) is 0 Å². The minimum atomic E-state index is 1.21. The SMILES string of the molecule is C=C/C=C/CCCCC.C=C/C=C/CCCCCCC. The summed E-state index contributed by atoms with van der Waals surface area (Å²) in [6, 6.07) is 0. The second-order valence-electron chi connectivity index (χ2n) is 5.03. The van der Waals surface area contributed by atoms with E-state index in [4.69, 9.17) is 0 Å². The van der Waals surface area contributed by atoms with Crippen molar-refractivity contribution in [3.63, 3.8) is 0 Å². The summed E-state index contributed by atoms with van der Waals surface area (Å²) >= 11 is 0. The van der Waals surface area contributed by atoms with Crippen molar-refractivity contribution < 1.29 is 0 Å². The maximum Gasteiger partial charge on any atom is -0.0348 e. The van der Waals surface area contributed by atoms with Gasteiger partial charge in [-0.2, -0.15) is 0 Å². The first kappa shape index (κ1) is 21.3. The Kier molecular flexibility index (Phi) is 24.5. The fourth-order valence-corrected chi connectivity index (χ4v) is 1.76. The van der Waals surface area contributed by atoms with Crippen LogP contribution in [0.4, 0.5) is 0 Å². The lowest BCUT2D eigenvalue weighted by Gasteiger charge is -1.95. The largest absolute Gasteiger partial charge is 0.0991 e. The van der Waals surface area contributed by atoms with Crippen LogP contribution in [-0.4, -0.2) is 0 Å². The van der Waals surface area contributed by atoms with Gasteiger partial charge in [0.25, 0.3) is 0 Å². The van der Waals surface area contributed by atoms with Crippen LogP contribution in [-0.2, 0) is 0 Å². The van der Waals surface area contributed by atoms with Gasteiger partial charge in [-0.3, -0.25) is 0 Å². The number of rotatable bonds is 12. The Balaban J connectivity index is 0. The average Bonchev–Trinajstić information content (AvgIpc) is 2.47. The zero-order valence-corrected chi connectivity index (χ0v) is 13.9. The zero-order chi connectivity index (χ0) is 15.3. The van der Waals surface area contributed by atoms with Gasteiger partial charge in [0, 0.05) is 0 Å². The molecule has 0 aromatic carbocycles. The van der Waals surface area contributed by atoms with Crippen molar-refractivity contribution in [1.29, 1.82) is 0 Å². The van der Waals surface area contributed by atoms with Gasteiger partial charge >= 0.3 is 0 Å². The molecule has 0 heterocycles. The molecule has 0 atom stereocenters. The molecule has 0 aliphatic rings. The molecule has 0 fully saturated rings. The molecule has 0 spiro atoms. The van der Waals surface area contributed by atoms with Gasteiger partial charge in [-0.1, -0.05) is 102 Å². The Morgan fingerprint density at radius 3 is 1.45 bits per heavy atom. The molecule has 0 bridgehead atoms.